The van der Waals surface area contributed by atoms with E-state index in [0.717, 1.165) is 24.3 Å². The van der Waals surface area contributed by atoms with Crippen molar-refractivity contribution in [3.05, 3.63) is 74.7 Å². The van der Waals surface area contributed by atoms with Crippen LogP contribution in [0.25, 0.3) is 6.08 Å². The second kappa shape index (κ2) is 9.84. The van der Waals surface area contributed by atoms with Gasteiger partial charge in [0.15, 0.2) is 5.17 Å². The van der Waals surface area contributed by atoms with Crippen LogP contribution in [-0.2, 0) is 4.79 Å². The Morgan fingerprint density at radius 2 is 1.70 bits per heavy atom. The topological polar surface area (TPSA) is 100 Å². The minimum absolute atomic E-state index is 0.0111. The number of benzene rings is 2. The molecule has 1 amide bonds. The van der Waals surface area contributed by atoms with Gasteiger partial charge in [-0.25, -0.2) is 0 Å². The highest BCUT2D eigenvalue weighted by Crippen LogP contribution is 2.26. The van der Waals surface area contributed by atoms with Gasteiger partial charge in [0, 0.05) is 30.9 Å². The molecule has 8 nitrogen and oxygen atoms in total. The molecule has 1 fully saturated rings. The molecule has 0 aliphatic carbocycles. The molecule has 1 aliphatic rings. The molecule has 154 valence electrons. The standard InChI is InChI=1S/C21H21N5O3S/c1-3-25(4-2)17-9-5-15(6-10-17)13-19-20(27)23-21(30-19)24-22-14-16-7-11-18(12-8-16)26(28)29/h5-14H,3-4H2,1-2H3,(H,23,24,27). The third-order valence-corrected chi connectivity index (χ3v) is 5.33. The number of anilines is 1. The molecule has 2 aromatic carbocycles. The monoisotopic (exact) mass is 423 g/mol. The summed E-state index contributed by atoms with van der Waals surface area (Å²) in [5.74, 6) is -0.225. The maximum absolute atomic E-state index is 12.2. The Morgan fingerprint density at radius 1 is 1.07 bits per heavy atom. The molecule has 3 rings (SSSR count). The zero-order chi connectivity index (χ0) is 21.5. The van der Waals surface area contributed by atoms with E-state index < -0.39 is 4.92 Å². The van der Waals surface area contributed by atoms with Gasteiger partial charge in [-0.2, -0.15) is 5.10 Å². The van der Waals surface area contributed by atoms with Crippen molar-refractivity contribution < 1.29 is 9.72 Å². The van der Waals surface area contributed by atoms with E-state index >= 15 is 0 Å². The molecule has 9 heteroatoms. The largest absolute Gasteiger partial charge is 0.372 e. The first-order valence-electron chi connectivity index (χ1n) is 9.41. The van der Waals surface area contributed by atoms with Gasteiger partial charge in [-0.15, -0.1) is 5.10 Å². The van der Waals surface area contributed by atoms with Crippen LogP contribution >= 0.6 is 11.8 Å². The fourth-order valence-corrected chi connectivity index (χ4v) is 3.61. The van der Waals surface area contributed by atoms with E-state index in [1.165, 1.54) is 30.1 Å². The molecule has 1 heterocycles. The Kier molecular flexibility index (Phi) is 6.97. The Labute approximate surface area is 178 Å². The predicted molar refractivity (Wildman–Crippen MR) is 122 cm³/mol. The van der Waals surface area contributed by atoms with Gasteiger partial charge in [0.05, 0.1) is 16.0 Å². The quantitative estimate of drug-likeness (QED) is 0.314. The van der Waals surface area contributed by atoms with E-state index in [1.54, 1.807) is 12.1 Å². The summed E-state index contributed by atoms with van der Waals surface area (Å²) in [4.78, 5) is 25.2. The van der Waals surface area contributed by atoms with Crippen molar-refractivity contribution in [2.45, 2.75) is 13.8 Å². The maximum atomic E-state index is 12.2. The number of carbonyl (C=O) groups excluding carboxylic acids is 1. The summed E-state index contributed by atoms with van der Waals surface area (Å²) < 4.78 is 0. The number of non-ortho nitro benzene ring substituents is 1. The number of amides is 1. The first-order valence-corrected chi connectivity index (χ1v) is 10.2. The normalized spacial score (nSPS) is 16.4. The molecule has 1 saturated heterocycles. The van der Waals surface area contributed by atoms with E-state index in [9.17, 15) is 14.9 Å². The van der Waals surface area contributed by atoms with Crippen molar-refractivity contribution in [3.63, 3.8) is 0 Å². The second-order valence-corrected chi connectivity index (χ2v) is 7.36. The van der Waals surface area contributed by atoms with Crippen LogP contribution in [0, 0.1) is 10.1 Å². The molecule has 0 unspecified atom stereocenters. The molecule has 30 heavy (non-hydrogen) atoms. The third kappa shape index (κ3) is 5.32. The zero-order valence-electron chi connectivity index (χ0n) is 16.6. The maximum Gasteiger partial charge on any atom is 0.269 e. The molecule has 0 bridgehead atoms. The zero-order valence-corrected chi connectivity index (χ0v) is 17.4. The summed E-state index contributed by atoms with van der Waals surface area (Å²) in [5.41, 5.74) is 2.76. The van der Waals surface area contributed by atoms with Gasteiger partial charge in [-0.1, -0.05) is 12.1 Å². The van der Waals surface area contributed by atoms with Gasteiger partial charge in [-0.05, 0) is 67.1 Å². The van der Waals surface area contributed by atoms with Crippen molar-refractivity contribution in [3.8, 4) is 0 Å². The highest BCUT2D eigenvalue weighted by atomic mass is 32.2. The van der Waals surface area contributed by atoms with E-state index in [4.69, 9.17) is 0 Å². The van der Waals surface area contributed by atoms with Crippen LogP contribution in [0.5, 0.6) is 0 Å². The number of nitrogens with one attached hydrogen (secondary N) is 1. The summed E-state index contributed by atoms with van der Waals surface area (Å²) >= 11 is 1.21. The van der Waals surface area contributed by atoms with Gasteiger partial charge in [-0.3, -0.25) is 20.2 Å². The Morgan fingerprint density at radius 3 is 2.30 bits per heavy atom. The number of nitro groups is 1. The van der Waals surface area contributed by atoms with E-state index in [0.29, 0.717) is 15.6 Å². The number of nitrogens with zero attached hydrogens (tertiary/aromatic N) is 4. The van der Waals surface area contributed by atoms with Crippen LogP contribution in [0.4, 0.5) is 11.4 Å². The summed E-state index contributed by atoms with van der Waals surface area (Å²) in [6.07, 6.45) is 3.28. The lowest BCUT2D eigenvalue weighted by Crippen LogP contribution is -2.21. The van der Waals surface area contributed by atoms with Gasteiger partial charge < -0.3 is 4.90 Å². The van der Waals surface area contributed by atoms with Crippen molar-refractivity contribution in [2.75, 3.05) is 18.0 Å². The highest BCUT2D eigenvalue weighted by molar-refractivity contribution is 8.18. The first kappa shape index (κ1) is 21.3. The third-order valence-electron chi connectivity index (χ3n) is 4.43. The number of carbonyl (C=O) groups is 1. The Hall–Kier alpha value is -3.46. The number of nitro benzene ring substituents is 1. The summed E-state index contributed by atoms with van der Waals surface area (Å²) in [6, 6.07) is 14.0. The molecule has 0 radical (unpaired) electrons. The highest BCUT2D eigenvalue weighted by Gasteiger charge is 2.23. The van der Waals surface area contributed by atoms with Gasteiger partial charge >= 0.3 is 0 Å². The minimum atomic E-state index is -0.461. The molecule has 0 aromatic heterocycles. The second-order valence-electron chi connectivity index (χ2n) is 6.33. The van der Waals surface area contributed by atoms with Gasteiger partial charge in [0.25, 0.3) is 11.6 Å². The lowest BCUT2D eigenvalue weighted by atomic mass is 10.2. The molecule has 1 N–H and O–H groups in total. The van der Waals surface area contributed by atoms with Crippen molar-refractivity contribution in [2.24, 2.45) is 10.2 Å². The van der Waals surface area contributed by atoms with Crippen molar-refractivity contribution in [1.29, 1.82) is 0 Å². The molecule has 1 aliphatic heterocycles. The fraction of sp³-hybridized carbons (Fsp3) is 0.190. The van der Waals surface area contributed by atoms with E-state index in [-0.39, 0.29) is 11.6 Å². The number of hydrogen-bond acceptors (Lipinski definition) is 7. The summed E-state index contributed by atoms with van der Waals surface area (Å²) in [7, 11) is 0. The van der Waals surface area contributed by atoms with Gasteiger partial charge in [0.2, 0.25) is 0 Å². The average molecular weight is 423 g/mol. The SMILES string of the molecule is CCN(CC)c1ccc(C=C2SC(=NN=Cc3ccc([N+](=O)[O-])cc3)NC2=O)cc1. The van der Waals surface area contributed by atoms with Crippen molar-refractivity contribution >= 4 is 46.5 Å². The van der Waals surface area contributed by atoms with Crippen LogP contribution in [0.1, 0.15) is 25.0 Å². The van der Waals surface area contributed by atoms with Crippen molar-refractivity contribution in [1.82, 2.24) is 5.32 Å². The number of rotatable bonds is 7. The first-order chi connectivity index (χ1) is 14.5. The van der Waals surface area contributed by atoms with Crippen LogP contribution < -0.4 is 10.2 Å². The van der Waals surface area contributed by atoms with E-state index in [1.807, 2.05) is 30.3 Å². The Bertz CT molecular complexity index is 1010. The number of thioether (sulfide) groups is 1. The molecular weight excluding hydrogens is 402 g/mol. The fourth-order valence-electron chi connectivity index (χ4n) is 2.83. The smallest absolute Gasteiger partial charge is 0.269 e. The predicted octanol–water partition coefficient (Wildman–Crippen LogP) is 4.04. The average Bonchev–Trinajstić information content (AvgIpc) is 3.09. The summed E-state index contributed by atoms with van der Waals surface area (Å²) in [5, 5.41) is 21.7. The molecular formula is C21H21N5O3S. The van der Waals surface area contributed by atoms with Crippen LogP contribution in [0.2, 0.25) is 0 Å². The van der Waals surface area contributed by atoms with Gasteiger partial charge in [0.1, 0.15) is 0 Å². The molecule has 2 aromatic rings. The van der Waals surface area contributed by atoms with E-state index in [2.05, 4.69) is 34.3 Å². The minimum Gasteiger partial charge on any atom is -0.372 e. The molecule has 0 spiro atoms. The van der Waals surface area contributed by atoms with Crippen LogP contribution in [0.15, 0.2) is 63.6 Å². The Balaban J connectivity index is 1.66. The number of hydrogen-bond donors (Lipinski definition) is 1. The molecule has 0 saturated carbocycles. The lowest BCUT2D eigenvalue weighted by molar-refractivity contribution is -0.384. The van der Waals surface area contributed by atoms with Crippen LogP contribution in [0.3, 0.4) is 0 Å². The van der Waals surface area contributed by atoms with Crippen LogP contribution in [-0.4, -0.2) is 35.3 Å². The summed E-state index contributed by atoms with van der Waals surface area (Å²) in [6.45, 7) is 6.11. The molecule has 0 atom stereocenters. The number of amidine groups is 1. The lowest BCUT2D eigenvalue weighted by Gasteiger charge is -2.20.